The Morgan fingerprint density at radius 1 is 1.38 bits per heavy atom. The molecule has 1 amide bonds. The van der Waals surface area contributed by atoms with Gasteiger partial charge in [-0.3, -0.25) is 9.59 Å². The van der Waals surface area contributed by atoms with Gasteiger partial charge in [-0.15, -0.1) is 11.3 Å². The average Bonchev–Trinajstić information content (AvgIpc) is 2.90. The van der Waals surface area contributed by atoms with E-state index < -0.39 is 6.04 Å². The van der Waals surface area contributed by atoms with Gasteiger partial charge in [0.1, 0.15) is 11.4 Å². The van der Waals surface area contributed by atoms with Crippen molar-refractivity contribution in [1.29, 1.82) is 0 Å². The normalized spacial score (nSPS) is 11.9. The summed E-state index contributed by atoms with van der Waals surface area (Å²) in [6, 6.07) is 5.76. The zero-order valence-electron chi connectivity index (χ0n) is 11.4. The van der Waals surface area contributed by atoms with Crippen molar-refractivity contribution in [2.75, 3.05) is 5.32 Å². The maximum absolute atomic E-state index is 12.0. The fourth-order valence-electron chi connectivity index (χ4n) is 1.67. The Bertz CT molecular complexity index is 652. The van der Waals surface area contributed by atoms with Crippen molar-refractivity contribution in [2.45, 2.75) is 19.4 Å². The molecule has 4 N–H and O–H groups in total. The minimum atomic E-state index is -0.737. The number of carbonyl (C=O) groups is 2. The number of nitrogens with two attached hydrogens (primary N) is 1. The molecule has 21 heavy (non-hydrogen) atoms. The van der Waals surface area contributed by atoms with Crippen molar-refractivity contribution >= 4 is 28.2 Å². The summed E-state index contributed by atoms with van der Waals surface area (Å²) in [5.74, 6) is -0.357. The summed E-state index contributed by atoms with van der Waals surface area (Å²) in [7, 11) is 0. The summed E-state index contributed by atoms with van der Waals surface area (Å²) in [4.78, 5) is 27.1. The fourth-order valence-corrected chi connectivity index (χ4v) is 2.42. The van der Waals surface area contributed by atoms with E-state index in [1.807, 2.05) is 0 Å². The van der Waals surface area contributed by atoms with Crippen LogP contribution in [-0.2, 0) is 11.2 Å². The number of nitrogens with one attached hydrogen (secondary N) is 1. The van der Waals surface area contributed by atoms with E-state index in [9.17, 15) is 14.7 Å². The van der Waals surface area contributed by atoms with Gasteiger partial charge in [0.15, 0.2) is 10.9 Å². The maximum atomic E-state index is 12.0. The first kappa shape index (κ1) is 15.1. The molecular weight excluding hydrogens is 290 g/mol. The third kappa shape index (κ3) is 4.11. The number of benzene rings is 1. The first-order chi connectivity index (χ1) is 9.95. The summed E-state index contributed by atoms with van der Waals surface area (Å²) >= 11 is 1.18. The zero-order chi connectivity index (χ0) is 15.4. The van der Waals surface area contributed by atoms with Gasteiger partial charge in [-0.2, -0.15) is 0 Å². The number of hydrogen-bond donors (Lipinski definition) is 3. The summed E-state index contributed by atoms with van der Waals surface area (Å²) in [6.45, 7) is 1.41. The number of hydrogen-bond acceptors (Lipinski definition) is 6. The van der Waals surface area contributed by atoms with Gasteiger partial charge in [0.25, 0.3) is 0 Å². The molecule has 0 unspecified atom stereocenters. The zero-order valence-corrected chi connectivity index (χ0v) is 12.2. The molecule has 110 valence electrons. The Morgan fingerprint density at radius 2 is 2.05 bits per heavy atom. The van der Waals surface area contributed by atoms with Crippen molar-refractivity contribution in [3.63, 3.8) is 0 Å². The van der Waals surface area contributed by atoms with E-state index in [1.54, 1.807) is 29.6 Å². The lowest BCUT2D eigenvalue weighted by Gasteiger charge is -2.10. The lowest BCUT2D eigenvalue weighted by Crippen LogP contribution is -2.37. The van der Waals surface area contributed by atoms with Crippen LogP contribution in [0.25, 0.3) is 0 Å². The second-order valence-electron chi connectivity index (χ2n) is 4.56. The van der Waals surface area contributed by atoms with Crippen LogP contribution in [0.2, 0.25) is 0 Å². The Morgan fingerprint density at radius 3 is 2.62 bits per heavy atom. The number of aromatic nitrogens is 1. The van der Waals surface area contributed by atoms with E-state index in [4.69, 9.17) is 5.73 Å². The topological polar surface area (TPSA) is 105 Å². The lowest BCUT2D eigenvalue weighted by molar-refractivity contribution is -0.117. The minimum Gasteiger partial charge on any atom is -0.508 e. The van der Waals surface area contributed by atoms with E-state index >= 15 is 0 Å². The van der Waals surface area contributed by atoms with Crippen LogP contribution in [0.15, 0.2) is 29.6 Å². The van der Waals surface area contributed by atoms with Crippen molar-refractivity contribution in [2.24, 2.45) is 5.73 Å². The highest BCUT2D eigenvalue weighted by Gasteiger charge is 2.16. The fraction of sp³-hybridized carbons (Fsp3) is 0.214. The second kappa shape index (κ2) is 6.47. The molecule has 6 nitrogen and oxygen atoms in total. The monoisotopic (exact) mass is 305 g/mol. The smallest absolute Gasteiger partial charge is 0.243 e. The van der Waals surface area contributed by atoms with Crippen molar-refractivity contribution < 1.29 is 14.7 Å². The largest absolute Gasteiger partial charge is 0.508 e. The van der Waals surface area contributed by atoms with E-state index in [1.165, 1.54) is 18.3 Å². The van der Waals surface area contributed by atoms with Gasteiger partial charge >= 0.3 is 0 Å². The van der Waals surface area contributed by atoms with Crippen molar-refractivity contribution in [3.8, 4) is 5.75 Å². The number of phenols is 1. The maximum Gasteiger partial charge on any atom is 0.243 e. The molecule has 0 aliphatic carbocycles. The molecule has 2 aromatic rings. The van der Waals surface area contributed by atoms with E-state index in [2.05, 4.69) is 10.3 Å². The molecule has 0 aliphatic rings. The number of anilines is 1. The number of carbonyl (C=O) groups excluding carboxylic acids is 2. The quantitative estimate of drug-likeness (QED) is 0.727. The molecule has 7 heteroatoms. The van der Waals surface area contributed by atoms with Gasteiger partial charge in [-0.1, -0.05) is 12.1 Å². The minimum absolute atomic E-state index is 0.153. The molecule has 0 aliphatic heterocycles. The summed E-state index contributed by atoms with van der Waals surface area (Å²) in [6.07, 6.45) is 0.344. The van der Waals surface area contributed by atoms with Gasteiger partial charge in [0, 0.05) is 12.3 Å². The molecular formula is C14H15N3O3S. The van der Waals surface area contributed by atoms with Crippen LogP contribution < -0.4 is 11.1 Å². The van der Waals surface area contributed by atoms with Crippen LogP contribution in [0.1, 0.15) is 23.0 Å². The highest BCUT2D eigenvalue weighted by Crippen LogP contribution is 2.16. The highest BCUT2D eigenvalue weighted by atomic mass is 32.1. The first-order valence-corrected chi connectivity index (χ1v) is 7.14. The average molecular weight is 305 g/mol. The van der Waals surface area contributed by atoms with E-state index in [0.29, 0.717) is 17.2 Å². The summed E-state index contributed by atoms with van der Waals surface area (Å²) < 4.78 is 0. The number of Topliss-reactive ketones (excluding diaryl/α,β-unsaturated/α-hetero) is 1. The van der Waals surface area contributed by atoms with Crippen LogP contribution in [-0.4, -0.2) is 27.8 Å². The van der Waals surface area contributed by atoms with Gasteiger partial charge in [-0.05, 0) is 24.1 Å². The molecule has 0 bridgehead atoms. The molecule has 1 heterocycles. The predicted molar refractivity (Wildman–Crippen MR) is 80.5 cm³/mol. The Kier molecular flexibility index (Phi) is 4.66. The molecule has 2 rings (SSSR count). The highest BCUT2D eigenvalue weighted by molar-refractivity contribution is 7.14. The van der Waals surface area contributed by atoms with E-state index in [0.717, 1.165) is 5.56 Å². The Labute approximate surface area is 125 Å². The predicted octanol–water partition coefficient (Wildman–Crippen LogP) is 1.56. The van der Waals surface area contributed by atoms with Crippen LogP contribution >= 0.6 is 11.3 Å². The molecule has 1 aromatic heterocycles. The Hall–Kier alpha value is -2.25. The standard InChI is InChI=1S/C14H15N3O3S/c1-8(18)12-7-21-14(16-12)17-13(20)11(15)6-9-2-4-10(19)5-3-9/h2-5,7,11,19H,6,15H2,1H3,(H,16,17,20)/t11-/m1/s1. The molecule has 0 radical (unpaired) electrons. The van der Waals surface area contributed by atoms with Crippen molar-refractivity contribution in [1.82, 2.24) is 4.98 Å². The number of thiazole rings is 1. The third-order valence-electron chi connectivity index (χ3n) is 2.82. The van der Waals surface area contributed by atoms with E-state index in [-0.39, 0.29) is 17.4 Å². The van der Waals surface area contributed by atoms with Crippen LogP contribution in [0.3, 0.4) is 0 Å². The number of aromatic hydroxyl groups is 1. The first-order valence-electron chi connectivity index (χ1n) is 6.26. The van der Waals surface area contributed by atoms with Gasteiger partial charge in [0.2, 0.25) is 5.91 Å². The van der Waals surface area contributed by atoms with Crippen LogP contribution in [0.4, 0.5) is 5.13 Å². The van der Waals surface area contributed by atoms with Crippen LogP contribution in [0, 0.1) is 0 Å². The summed E-state index contributed by atoms with van der Waals surface area (Å²) in [5.41, 5.74) is 7.01. The number of nitrogens with zero attached hydrogens (tertiary/aromatic N) is 1. The molecule has 1 atom stereocenters. The summed E-state index contributed by atoms with van der Waals surface area (Å²) in [5, 5.41) is 13.7. The van der Waals surface area contributed by atoms with Crippen molar-refractivity contribution in [3.05, 3.63) is 40.9 Å². The number of amides is 1. The number of rotatable bonds is 5. The molecule has 0 spiro atoms. The second-order valence-corrected chi connectivity index (χ2v) is 5.42. The molecule has 1 aromatic carbocycles. The van der Waals surface area contributed by atoms with Crippen LogP contribution in [0.5, 0.6) is 5.75 Å². The lowest BCUT2D eigenvalue weighted by atomic mass is 10.1. The Balaban J connectivity index is 1.95. The van der Waals surface area contributed by atoms with Gasteiger partial charge in [0.05, 0.1) is 6.04 Å². The van der Waals surface area contributed by atoms with Gasteiger partial charge in [-0.25, -0.2) is 4.98 Å². The number of phenolic OH excluding ortho intramolecular Hbond substituents is 1. The number of ketones is 1. The third-order valence-corrected chi connectivity index (χ3v) is 3.58. The SMILES string of the molecule is CC(=O)c1csc(NC(=O)[C@H](N)Cc2ccc(O)cc2)n1. The molecule has 0 saturated heterocycles. The molecule has 0 fully saturated rings. The van der Waals surface area contributed by atoms with Gasteiger partial charge < -0.3 is 16.2 Å². The molecule has 0 saturated carbocycles.